The third kappa shape index (κ3) is 4.30. The van der Waals surface area contributed by atoms with Gasteiger partial charge in [0, 0.05) is 30.7 Å². The van der Waals surface area contributed by atoms with Crippen LogP contribution in [0.2, 0.25) is 0 Å². The Morgan fingerprint density at radius 2 is 1.80 bits per heavy atom. The van der Waals surface area contributed by atoms with Crippen LogP contribution in [0.1, 0.15) is 17.5 Å². The molecule has 0 aliphatic heterocycles. The van der Waals surface area contributed by atoms with E-state index in [9.17, 15) is 0 Å². The fourth-order valence-corrected chi connectivity index (χ4v) is 3.49. The molecule has 0 spiro atoms. The predicted octanol–water partition coefficient (Wildman–Crippen LogP) is 4.68. The van der Waals surface area contributed by atoms with Gasteiger partial charge in [0.25, 0.3) is 0 Å². The van der Waals surface area contributed by atoms with Crippen molar-refractivity contribution in [3.63, 3.8) is 0 Å². The first-order chi connectivity index (χ1) is 12.2. The standard InChI is InChI=1S/C20H23N3OS/c1-15-8-10-18(11-9-15)23-19(17-7-4-6-16(2)14-17)21-22-20(23)25-13-5-12-24-3/h4,6-11,14H,5,12-13H2,1-3H3. The Morgan fingerprint density at radius 1 is 1.00 bits per heavy atom. The van der Waals surface area contributed by atoms with Gasteiger partial charge in [0.2, 0.25) is 0 Å². The highest BCUT2D eigenvalue weighted by atomic mass is 32.2. The molecule has 25 heavy (non-hydrogen) atoms. The number of ether oxygens (including phenoxy) is 1. The monoisotopic (exact) mass is 353 g/mol. The number of thioether (sulfide) groups is 1. The van der Waals surface area contributed by atoms with Gasteiger partial charge in [0.05, 0.1) is 0 Å². The number of nitrogens with zero attached hydrogens (tertiary/aromatic N) is 3. The van der Waals surface area contributed by atoms with Crippen LogP contribution in [0.5, 0.6) is 0 Å². The molecule has 3 aromatic rings. The zero-order valence-electron chi connectivity index (χ0n) is 14.9. The average molecular weight is 353 g/mol. The molecular formula is C20H23N3OS. The molecule has 0 bridgehead atoms. The van der Waals surface area contributed by atoms with Crippen molar-refractivity contribution >= 4 is 11.8 Å². The van der Waals surface area contributed by atoms with Crippen LogP contribution in [0, 0.1) is 13.8 Å². The molecule has 0 unspecified atom stereocenters. The Labute approximate surface area is 153 Å². The Balaban J connectivity index is 2.00. The molecule has 5 heteroatoms. The van der Waals surface area contributed by atoms with Crippen molar-refractivity contribution < 1.29 is 4.74 Å². The molecule has 0 atom stereocenters. The van der Waals surface area contributed by atoms with Gasteiger partial charge in [-0.2, -0.15) is 0 Å². The number of aryl methyl sites for hydroxylation is 2. The topological polar surface area (TPSA) is 39.9 Å². The lowest BCUT2D eigenvalue weighted by molar-refractivity contribution is 0.200. The van der Waals surface area contributed by atoms with Crippen LogP contribution in [0.3, 0.4) is 0 Å². The molecule has 1 heterocycles. The van der Waals surface area contributed by atoms with Crippen LogP contribution in [-0.2, 0) is 4.74 Å². The van der Waals surface area contributed by atoms with Gasteiger partial charge in [-0.3, -0.25) is 4.57 Å². The number of rotatable bonds is 7. The molecular weight excluding hydrogens is 330 g/mol. The summed E-state index contributed by atoms with van der Waals surface area (Å²) in [5, 5.41) is 9.85. The maximum absolute atomic E-state index is 5.14. The van der Waals surface area contributed by atoms with E-state index in [-0.39, 0.29) is 0 Å². The summed E-state index contributed by atoms with van der Waals surface area (Å²) in [6, 6.07) is 16.9. The third-order valence-electron chi connectivity index (χ3n) is 3.93. The van der Waals surface area contributed by atoms with Gasteiger partial charge in [-0.25, -0.2) is 0 Å². The maximum Gasteiger partial charge on any atom is 0.196 e. The highest BCUT2D eigenvalue weighted by Crippen LogP contribution is 2.28. The molecule has 130 valence electrons. The van der Waals surface area contributed by atoms with E-state index in [1.165, 1.54) is 11.1 Å². The molecule has 1 aromatic heterocycles. The Bertz CT molecular complexity index is 827. The van der Waals surface area contributed by atoms with Gasteiger partial charge in [-0.05, 0) is 38.5 Å². The molecule has 0 aliphatic carbocycles. The minimum atomic E-state index is 0.760. The summed E-state index contributed by atoms with van der Waals surface area (Å²) in [6.07, 6.45) is 0.988. The van der Waals surface area contributed by atoms with E-state index >= 15 is 0 Å². The first-order valence-electron chi connectivity index (χ1n) is 8.40. The van der Waals surface area contributed by atoms with E-state index < -0.39 is 0 Å². The fraction of sp³-hybridized carbons (Fsp3) is 0.300. The predicted molar refractivity (Wildman–Crippen MR) is 103 cm³/mol. The zero-order chi connectivity index (χ0) is 17.6. The number of hydrogen-bond acceptors (Lipinski definition) is 4. The van der Waals surface area contributed by atoms with Crippen molar-refractivity contribution in [2.75, 3.05) is 19.5 Å². The normalized spacial score (nSPS) is 11.0. The summed E-state index contributed by atoms with van der Waals surface area (Å²) in [4.78, 5) is 0. The van der Waals surface area contributed by atoms with Crippen LogP contribution >= 0.6 is 11.8 Å². The average Bonchev–Trinajstić information content (AvgIpc) is 3.03. The van der Waals surface area contributed by atoms with E-state index in [0.717, 1.165) is 41.0 Å². The smallest absolute Gasteiger partial charge is 0.196 e. The highest BCUT2D eigenvalue weighted by Gasteiger charge is 2.16. The van der Waals surface area contributed by atoms with Crippen molar-refractivity contribution in [1.82, 2.24) is 14.8 Å². The second kappa shape index (κ2) is 8.32. The van der Waals surface area contributed by atoms with Crippen LogP contribution in [0.4, 0.5) is 0 Å². The van der Waals surface area contributed by atoms with Crippen molar-refractivity contribution in [3.05, 3.63) is 59.7 Å². The molecule has 0 saturated heterocycles. The van der Waals surface area contributed by atoms with Gasteiger partial charge < -0.3 is 4.74 Å². The van der Waals surface area contributed by atoms with Crippen LogP contribution in [-0.4, -0.2) is 34.2 Å². The van der Waals surface area contributed by atoms with E-state index in [2.05, 4.69) is 77.1 Å². The van der Waals surface area contributed by atoms with E-state index in [1.807, 2.05) is 0 Å². The first-order valence-corrected chi connectivity index (χ1v) is 9.39. The summed E-state index contributed by atoms with van der Waals surface area (Å²) in [6.45, 7) is 4.95. The molecule has 0 aliphatic rings. The van der Waals surface area contributed by atoms with E-state index in [1.54, 1.807) is 18.9 Å². The zero-order valence-corrected chi connectivity index (χ0v) is 15.7. The Hall–Kier alpha value is -2.11. The molecule has 0 saturated carbocycles. The second-order valence-electron chi connectivity index (χ2n) is 6.04. The van der Waals surface area contributed by atoms with E-state index in [0.29, 0.717) is 0 Å². The number of benzene rings is 2. The molecule has 0 amide bonds. The minimum absolute atomic E-state index is 0.760. The minimum Gasteiger partial charge on any atom is -0.385 e. The molecule has 2 aromatic carbocycles. The Kier molecular flexibility index (Phi) is 5.89. The quantitative estimate of drug-likeness (QED) is 0.457. The molecule has 3 rings (SSSR count). The highest BCUT2D eigenvalue weighted by molar-refractivity contribution is 7.99. The van der Waals surface area contributed by atoms with Crippen molar-refractivity contribution in [2.24, 2.45) is 0 Å². The lowest BCUT2D eigenvalue weighted by Gasteiger charge is -2.11. The summed E-state index contributed by atoms with van der Waals surface area (Å²) < 4.78 is 7.28. The third-order valence-corrected chi connectivity index (χ3v) is 4.94. The van der Waals surface area contributed by atoms with Crippen molar-refractivity contribution in [3.8, 4) is 17.1 Å². The van der Waals surface area contributed by atoms with Crippen LogP contribution < -0.4 is 0 Å². The summed E-state index contributed by atoms with van der Waals surface area (Å²) >= 11 is 1.72. The molecule has 4 nitrogen and oxygen atoms in total. The number of hydrogen-bond donors (Lipinski definition) is 0. The lowest BCUT2D eigenvalue weighted by Crippen LogP contribution is -2.01. The van der Waals surface area contributed by atoms with Crippen LogP contribution in [0.15, 0.2) is 53.7 Å². The first kappa shape index (κ1) is 17.7. The largest absolute Gasteiger partial charge is 0.385 e. The molecule has 0 fully saturated rings. The van der Waals surface area contributed by atoms with Gasteiger partial charge >= 0.3 is 0 Å². The lowest BCUT2D eigenvalue weighted by atomic mass is 10.1. The molecule has 0 N–H and O–H groups in total. The van der Waals surface area contributed by atoms with Crippen LogP contribution in [0.25, 0.3) is 17.1 Å². The van der Waals surface area contributed by atoms with Gasteiger partial charge in [0.1, 0.15) is 0 Å². The summed E-state index contributed by atoms with van der Waals surface area (Å²) in [5.41, 5.74) is 4.62. The SMILES string of the molecule is COCCCSc1nnc(-c2cccc(C)c2)n1-c1ccc(C)cc1. The second-order valence-corrected chi connectivity index (χ2v) is 7.10. The van der Waals surface area contributed by atoms with E-state index in [4.69, 9.17) is 4.74 Å². The fourth-order valence-electron chi connectivity index (χ4n) is 2.63. The van der Waals surface area contributed by atoms with Crippen molar-refractivity contribution in [1.29, 1.82) is 0 Å². The molecule has 0 radical (unpaired) electrons. The number of methoxy groups -OCH3 is 1. The summed E-state index contributed by atoms with van der Waals surface area (Å²) in [7, 11) is 1.73. The number of aromatic nitrogens is 3. The van der Waals surface area contributed by atoms with Gasteiger partial charge in [-0.15, -0.1) is 10.2 Å². The van der Waals surface area contributed by atoms with Gasteiger partial charge in [0.15, 0.2) is 11.0 Å². The van der Waals surface area contributed by atoms with Gasteiger partial charge in [-0.1, -0.05) is 53.2 Å². The Morgan fingerprint density at radius 3 is 2.52 bits per heavy atom. The maximum atomic E-state index is 5.14. The summed E-state index contributed by atoms with van der Waals surface area (Å²) in [5.74, 6) is 1.83. The van der Waals surface area contributed by atoms with Crippen molar-refractivity contribution in [2.45, 2.75) is 25.4 Å².